The third-order valence-electron chi connectivity index (χ3n) is 2.24. The minimum Gasteiger partial charge on any atom is -0.348 e. The Bertz CT molecular complexity index is 289. The smallest absolute Gasteiger partial charge is 0.246 e. The zero-order chi connectivity index (χ0) is 12.9. The molecule has 0 fully saturated rings. The molecule has 0 aromatic rings. The van der Waals surface area contributed by atoms with Crippen LogP contribution >= 0.6 is 0 Å². The van der Waals surface area contributed by atoms with Crippen LogP contribution in [0.3, 0.4) is 0 Å². The maximum Gasteiger partial charge on any atom is 0.246 e. The van der Waals surface area contributed by atoms with Crippen molar-refractivity contribution in [2.45, 2.75) is 39.8 Å². The Kier molecular flexibility index (Phi) is 5.50. The molecule has 2 N–H and O–H groups in total. The lowest BCUT2D eigenvalue weighted by Gasteiger charge is -2.22. The van der Waals surface area contributed by atoms with Gasteiger partial charge in [0.15, 0.2) is 0 Å². The minimum atomic E-state index is -0.205. The van der Waals surface area contributed by atoms with Gasteiger partial charge in [-0.25, -0.2) is 0 Å². The van der Waals surface area contributed by atoms with Crippen molar-refractivity contribution in [2.24, 2.45) is 0 Å². The predicted octanol–water partition coefficient (Wildman–Crippen LogP) is 1.15. The van der Waals surface area contributed by atoms with Crippen LogP contribution in [0.15, 0.2) is 24.3 Å². The van der Waals surface area contributed by atoms with E-state index >= 15 is 0 Å². The Balaban J connectivity index is 4.24. The van der Waals surface area contributed by atoms with Gasteiger partial charge in [0.2, 0.25) is 11.8 Å². The molecule has 2 atom stereocenters. The molecule has 0 unspecified atom stereocenters. The number of nitrogens with one attached hydrogen (secondary N) is 2. The summed E-state index contributed by atoms with van der Waals surface area (Å²) in [5.74, 6) is -0.409. The fourth-order valence-electron chi connectivity index (χ4n) is 0.910. The third-order valence-corrected chi connectivity index (χ3v) is 2.24. The molecule has 2 amide bonds. The van der Waals surface area contributed by atoms with Gasteiger partial charge in [-0.05, 0) is 27.7 Å². The largest absolute Gasteiger partial charge is 0.348 e. The van der Waals surface area contributed by atoms with E-state index in [1.54, 1.807) is 13.8 Å². The van der Waals surface area contributed by atoms with Crippen molar-refractivity contribution in [3.8, 4) is 0 Å². The van der Waals surface area contributed by atoms with Crippen LogP contribution in [0.4, 0.5) is 0 Å². The van der Waals surface area contributed by atoms with Crippen molar-refractivity contribution in [3.05, 3.63) is 24.3 Å². The molecule has 0 saturated carbocycles. The molecular formula is C12H20N2O2. The quantitative estimate of drug-likeness (QED) is 0.688. The van der Waals surface area contributed by atoms with Crippen LogP contribution in [0, 0.1) is 0 Å². The zero-order valence-electron chi connectivity index (χ0n) is 10.4. The molecule has 4 nitrogen and oxygen atoms in total. The summed E-state index contributed by atoms with van der Waals surface area (Å²) in [5.41, 5.74) is 0.899. The number of carbonyl (C=O) groups excluding carboxylic acids is 2. The van der Waals surface area contributed by atoms with Crippen molar-refractivity contribution < 1.29 is 9.59 Å². The second kappa shape index (κ2) is 6.10. The molecule has 4 heteroatoms. The van der Waals surface area contributed by atoms with Crippen LogP contribution in [-0.4, -0.2) is 23.9 Å². The molecule has 90 valence electrons. The minimum absolute atomic E-state index is 0.160. The fourth-order valence-corrected chi connectivity index (χ4v) is 0.910. The first-order chi connectivity index (χ1) is 7.25. The normalized spacial score (nSPS) is 13.5. The summed E-state index contributed by atoms with van der Waals surface area (Å²) in [6.45, 7) is 14.0. The maximum absolute atomic E-state index is 11.3. The summed E-state index contributed by atoms with van der Waals surface area (Å²) in [5, 5.41) is 5.48. The van der Waals surface area contributed by atoms with Gasteiger partial charge in [-0.1, -0.05) is 13.2 Å². The van der Waals surface area contributed by atoms with Crippen molar-refractivity contribution in [3.63, 3.8) is 0 Å². The number of hydrogen-bond donors (Lipinski definition) is 2. The van der Waals surface area contributed by atoms with Crippen LogP contribution in [0.1, 0.15) is 27.7 Å². The highest BCUT2D eigenvalue weighted by atomic mass is 16.2. The summed E-state index contributed by atoms with van der Waals surface area (Å²) in [6, 6.07) is -0.319. The summed E-state index contributed by atoms with van der Waals surface area (Å²) in [7, 11) is 0. The third kappa shape index (κ3) is 4.77. The van der Waals surface area contributed by atoms with Crippen molar-refractivity contribution in [1.29, 1.82) is 0 Å². The van der Waals surface area contributed by atoms with Gasteiger partial charge in [-0.2, -0.15) is 0 Å². The van der Waals surface area contributed by atoms with Crippen LogP contribution in [0.5, 0.6) is 0 Å². The first kappa shape index (κ1) is 14.4. The van der Waals surface area contributed by atoms with E-state index in [-0.39, 0.29) is 23.9 Å². The molecule has 0 saturated heterocycles. The van der Waals surface area contributed by atoms with Gasteiger partial charge in [0.05, 0.1) is 0 Å². The van der Waals surface area contributed by atoms with Crippen LogP contribution in [-0.2, 0) is 9.59 Å². The van der Waals surface area contributed by atoms with Gasteiger partial charge < -0.3 is 10.6 Å². The molecule has 0 aliphatic carbocycles. The summed E-state index contributed by atoms with van der Waals surface area (Å²) in [4.78, 5) is 22.7. The van der Waals surface area contributed by atoms with Crippen molar-refractivity contribution in [1.82, 2.24) is 10.6 Å². The molecule has 0 aromatic heterocycles. The monoisotopic (exact) mass is 224 g/mol. The van der Waals surface area contributed by atoms with Crippen LogP contribution < -0.4 is 10.6 Å². The second-order valence-electron chi connectivity index (χ2n) is 4.08. The lowest BCUT2D eigenvalue weighted by molar-refractivity contribution is -0.120. The van der Waals surface area contributed by atoms with Gasteiger partial charge in [0.25, 0.3) is 0 Å². The Morgan fingerprint density at radius 2 is 1.12 bits per heavy atom. The van der Waals surface area contributed by atoms with Gasteiger partial charge in [0.1, 0.15) is 0 Å². The molecule has 0 rings (SSSR count). The molecule has 0 bridgehead atoms. The van der Waals surface area contributed by atoms with Crippen LogP contribution in [0.25, 0.3) is 0 Å². The van der Waals surface area contributed by atoms with E-state index < -0.39 is 0 Å². The average Bonchev–Trinajstić information content (AvgIpc) is 2.16. The summed E-state index contributed by atoms with van der Waals surface area (Å²) >= 11 is 0. The van der Waals surface area contributed by atoms with Crippen molar-refractivity contribution in [2.75, 3.05) is 0 Å². The maximum atomic E-state index is 11.3. The average molecular weight is 224 g/mol. The topological polar surface area (TPSA) is 58.2 Å². The van der Waals surface area contributed by atoms with E-state index in [1.165, 1.54) is 0 Å². The van der Waals surface area contributed by atoms with E-state index in [1.807, 2.05) is 13.8 Å². The van der Waals surface area contributed by atoms with E-state index in [0.717, 1.165) is 0 Å². The van der Waals surface area contributed by atoms with Crippen molar-refractivity contribution >= 4 is 11.8 Å². The Morgan fingerprint density at radius 3 is 1.31 bits per heavy atom. The van der Waals surface area contributed by atoms with Gasteiger partial charge >= 0.3 is 0 Å². The second-order valence-corrected chi connectivity index (χ2v) is 4.08. The standard InChI is InChI=1S/C12H20N2O2/c1-7(2)11(15)13-9(5)10(6)14-12(16)8(3)4/h9-10H,1,3H2,2,4-6H3,(H,13,15)(H,14,16)/t9-,10+. The molecule has 0 aromatic carbocycles. The van der Waals surface area contributed by atoms with Gasteiger partial charge in [-0.3, -0.25) is 9.59 Å². The lowest BCUT2D eigenvalue weighted by Crippen LogP contribution is -2.48. The predicted molar refractivity (Wildman–Crippen MR) is 64.8 cm³/mol. The first-order valence-corrected chi connectivity index (χ1v) is 5.18. The molecule has 0 radical (unpaired) electrons. The van der Waals surface area contributed by atoms with Gasteiger partial charge in [-0.15, -0.1) is 0 Å². The number of amides is 2. The fraction of sp³-hybridized carbons (Fsp3) is 0.500. The first-order valence-electron chi connectivity index (χ1n) is 5.18. The summed E-state index contributed by atoms with van der Waals surface area (Å²) < 4.78 is 0. The zero-order valence-corrected chi connectivity index (χ0v) is 10.4. The molecule has 16 heavy (non-hydrogen) atoms. The highest BCUT2D eigenvalue weighted by molar-refractivity contribution is 5.93. The SMILES string of the molecule is C=C(C)C(=O)N[C@@H](C)[C@@H](C)NC(=O)C(=C)C. The molecule has 0 heterocycles. The Hall–Kier alpha value is -1.58. The molecule has 0 aliphatic heterocycles. The van der Waals surface area contributed by atoms with E-state index in [4.69, 9.17) is 0 Å². The number of rotatable bonds is 5. The lowest BCUT2D eigenvalue weighted by atomic mass is 10.1. The van der Waals surface area contributed by atoms with E-state index in [9.17, 15) is 9.59 Å². The Morgan fingerprint density at radius 1 is 0.875 bits per heavy atom. The highest BCUT2D eigenvalue weighted by Crippen LogP contribution is 1.97. The molecule has 0 spiro atoms. The van der Waals surface area contributed by atoms with E-state index in [2.05, 4.69) is 23.8 Å². The summed E-state index contributed by atoms with van der Waals surface area (Å²) in [6.07, 6.45) is 0. The van der Waals surface area contributed by atoms with Gasteiger partial charge in [0, 0.05) is 23.2 Å². The Labute approximate surface area is 96.8 Å². The molecule has 0 aliphatic rings. The van der Waals surface area contributed by atoms with Crippen LogP contribution in [0.2, 0.25) is 0 Å². The number of hydrogen-bond acceptors (Lipinski definition) is 2. The number of carbonyl (C=O) groups is 2. The van der Waals surface area contributed by atoms with E-state index in [0.29, 0.717) is 11.1 Å². The highest BCUT2D eigenvalue weighted by Gasteiger charge is 2.16. The molecular weight excluding hydrogens is 204 g/mol.